The van der Waals surface area contributed by atoms with E-state index in [2.05, 4.69) is 27.0 Å². The molecule has 1 unspecified atom stereocenters. The van der Waals surface area contributed by atoms with Crippen molar-refractivity contribution in [2.24, 2.45) is 7.05 Å². The van der Waals surface area contributed by atoms with Crippen LogP contribution in [0.3, 0.4) is 0 Å². The standard InChI is InChI=1S/C21H18BrN3O3/c1-25-13-24-11-19(25)20(16-7-8-17(10-23)18(22)9-16)28-12-14-3-5-15(6-4-14)21(26)27-2/h3-9,11,13,20H,12H2,1-2H3. The summed E-state index contributed by atoms with van der Waals surface area (Å²) in [4.78, 5) is 15.7. The maximum atomic E-state index is 11.6. The second-order valence-electron chi connectivity index (χ2n) is 6.16. The second kappa shape index (κ2) is 8.83. The van der Waals surface area contributed by atoms with E-state index in [0.717, 1.165) is 16.8 Å². The smallest absolute Gasteiger partial charge is 0.337 e. The summed E-state index contributed by atoms with van der Waals surface area (Å²) in [5.41, 5.74) is 3.77. The molecule has 0 aliphatic rings. The molecule has 142 valence electrons. The van der Waals surface area contributed by atoms with E-state index in [1.807, 2.05) is 35.9 Å². The van der Waals surface area contributed by atoms with Crippen LogP contribution in [0.5, 0.6) is 0 Å². The molecule has 0 saturated carbocycles. The molecule has 0 aliphatic heterocycles. The summed E-state index contributed by atoms with van der Waals surface area (Å²) >= 11 is 3.44. The van der Waals surface area contributed by atoms with E-state index in [1.165, 1.54) is 7.11 Å². The van der Waals surface area contributed by atoms with Crippen LogP contribution in [-0.2, 0) is 23.1 Å². The van der Waals surface area contributed by atoms with Crippen LogP contribution < -0.4 is 0 Å². The number of hydrogen-bond donors (Lipinski definition) is 0. The Bertz CT molecular complexity index is 1020. The zero-order valence-corrected chi connectivity index (χ0v) is 17.0. The number of benzene rings is 2. The molecule has 1 heterocycles. The first-order valence-corrected chi connectivity index (χ1v) is 9.27. The molecule has 0 saturated heterocycles. The summed E-state index contributed by atoms with van der Waals surface area (Å²) in [6.07, 6.45) is 3.11. The number of imidazole rings is 1. The number of aromatic nitrogens is 2. The summed E-state index contributed by atoms with van der Waals surface area (Å²) in [5, 5.41) is 9.15. The molecule has 0 spiro atoms. The monoisotopic (exact) mass is 439 g/mol. The van der Waals surface area contributed by atoms with E-state index >= 15 is 0 Å². The highest BCUT2D eigenvalue weighted by molar-refractivity contribution is 9.10. The fourth-order valence-corrected chi connectivity index (χ4v) is 3.28. The van der Waals surface area contributed by atoms with Gasteiger partial charge in [0.05, 0.1) is 43.1 Å². The zero-order chi connectivity index (χ0) is 20.1. The Morgan fingerprint density at radius 1 is 1.29 bits per heavy atom. The third-order valence-corrected chi connectivity index (χ3v) is 4.99. The molecule has 7 heteroatoms. The van der Waals surface area contributed by atoms with Gasteiger partial charge in [0.1, 0.15) is 12.2 Å². The number of ether oxygens (including phenoxy) is 2. The molecule has 6 nitrogen and oxygen atoms in total. The summed E-state index contributed by atoms with van der Waals surface area (Å²) in [5.74, 6) is -0.373. The van der Waals surface area contributed by atoms with Crippen LogP contribution >= 0.6 is 15.9 Å². The van der Waals surface area contributed by atoms with Crippen molar-refractivity contribution in [3.63, 3.8) is 0 Å². The molecule has 1 atom stereocenters. The third kappa shape index (κ3) is 4.30. The number of halogens is 1. The highest BCUT2D eigenvalue weighted by Gasteiger charge is 2.19. The van der Waals surface area contributed by atoms with Crippen molar-refractivity contribution in [3.8, 4) is 6.07 Å². The van der Waals surface area contributed by atoms with Gasteiger partial charge in [-0.05, 0) is 51.3 Å². The van der Waals surface area contributed by atoms with Gasteiger partial charge in [-0.1, -0.05) is 18.2 Å². The van der Waals surface area contributed by atoms with E-state index in [-0.39, 0.29) is 12.1 Å². The summed E-state index contributed by atoms with van der Waals surface area (Å²) in [7, 11) is 3.26. The number of nitriles is 1. The first-order valence-electron chi connectivity index (χ1n) is 8.48. The minimum atomic E-state index is -0.373. The topological polar surface area (TPSA) is 77.1 Å². The molecule has 28 heavy (non-hydrogen) atoms. The van der Waals surface area contributed by atoms with Gasteiger partial charge in [-0.3, -0.25) is 0 Å². The van der Waals surface area contributed by atoms with Crippen molar-refractivity contribution < 1.29 is 14.3 Å². The van der Waals surface area contributed by atoms with Crippen molar-refractivity contribution >= 4 is 21.9 Å². The molecule has 0 aliphatic carbocycles. The van der Waals surface area contributed by atoms with Crippen molar-refractivity contribution in [3.05, 3.63) is 87.4 Å². The molecule has 0 radical (unpaired) electrons. The second-order valence-corrected chi connectivity index (χ2v) is 7.01. The molecule has 3 rings (SSSR count). The van der Waals surface area contributed by atoms with E-state index in [1.54, 1.807) is 30.7 Å². The molecule has 1 aromatic heterocycles. The van der Waals surface area contributed by atoms with Crippen LogP contribution in [0.1, 0.15) is 38.8 Å². The van der Waals surface area contributed by atoms with Gasteiger partial charge in [-0.25, -0.2) is 9.78 Å². The Kier molecular flexibility index (Phi) is 6.24. The number of carbonyl (C=O) groups excluding carboxylic acids is 1. The summed E-state index contributed by atoms with van der Waals surface area (Å²) in [6.45, 7) is 0.342. The Morgan fingerprint density at radius 2 is 2.04 bits per heavy atom. The Hall–Kier alpha value is -2.95. The molecule has 0 N–H and O–H groups in total. The summed E-state index contributed by atoms with van der Waals surface area (Å²) < 4.78 is 13.5. The maximum absolute atomic E-state index is 11.6. The lowest BCUT2D eigenvalue weighted by Crippen LogP contribution is -2.11. The fraction of sp³-hybridized carbons (Fsp3) is 0.190. The van der Waals surface area contributed by atoms with E-state index < -0.39 is 0 Å². The van der Waals surface area contributed by atoms with E-state index in [0.29, 0.717) is 22.2 Å². The van der Waals surface area contributed by atoms with Gasteiger partial charge in [0.25, 0.3) is 0 Å². The molecule has 2 aromatic carbocycles. The number of hydrogen-bond acceptors (Lipinski definition) is 5. The van der Waals surface area contributed by atoms with Gasteiger partial charge in [-0.15, -0.1) is 0 Å². The molecular formula is C21H18BrN3O3. The van der Waals surface area contributed by atoms with Crippen LogP contribution in [0.15, 0.2) is 59.5 Å². The van der Waals surface area contributed by atoms with Gasteiger partial charge in [0.15, 0.2) is 0 Å². The van der Waals surface area contributed by atoms with E-state index in [9.17, 15) is 4.79 Å². The highest BCUT2D eigenvalue weighted by Crippen LogP contribution is 2.30. The fourth-order valence-electron chi connectivity index (χ4n) is 2.79. The number of aryl methyl sites for hydroxylation is 1. The predicted octanol–water partition coefficient (Wildman–Crippen LogP) is 4.15. The molecule has 0 amide bonds. The van der Waals surface area contributed by atoms with Gasteiger partial charge in [0.2, 0.25) is 0 Å². The van der Waals surface area contributed by atoms with Gasteiger partial charge >= 0.3 is 5.97 Å². The van der Waals surface area contributed by atoms with Crippen LogP contribution in [0, 0.1) is 11.3 Å². The van der Waals surface area contributed by atoms with Gasteiger partial charge in [0, 0.05) is 11.5 Å². The molecule has 3 aromatic rings. The first-order chi connectivity index (χ1) is 13.5. The Balaban J connectivity index is 1.85. The maximum Gasteiger partial charge on any atom is 0.337 e. The van der Waals surface area contributed by atoms with Crippen LogP contribution in [0.4, 0.5) is 0 Å². The number of carbonyl (C=O) groups is 1. The Labute approximate surface area is 171 Å². The lowest BCUT2D eigenvalue weighted by molar-refractivity contribution is 0.0596. The number of nitrogens with zero attached hydrogens (tertiary/aromatic N) is 3. The Morgan fingerprint density at radius 3 is 2.61 bits per heavy atom. The average molecular weight is 440 g/mol. The number of rotatable bonds is 6. The van der Waals surface area contributed by atoms with Crippen LogP contribution in [0.2, 0.25) is 0 Å². The highest BCUT2D eigenvalue weighted by atomic mass is 79.9. The van der Waals surface area contributed by atoms with Crippen LogP contribution in [0.25, 0.3) is 0 Å². The lowest BCUT2D eigenvalue weighted by atomic mass is 10.0. The largest absolute Gasteiger partial charge is 0.465 e. The van der Waals surface area contributed by atoms with Crippen molar-refractivity contribution in [1.29, 1.82) is 5.26 Å². The van der Waals surface area contributed by atoms with Crippen LogP contribution in [-0.4, -0.2) is 22.6 Å². The zero-order valence-electron chi connectivity index (χ0n) is 15.4. The van der Waals surface area contributed by atoms with Gasteiger partial charge in [-0.2, -0.15) is 5.26 Å². The lowest BCUT2D eigenvalue weighted by Gasteiger charge is -2.19. The predicted molar refractivity (Wildman–Crippen MR) is 106 cm³/mol. The molecular weight excluding hydrogens is 422 g/mol. The molecule has 0 fully saturated rings. The van der Waals surface area contributed by atoms with Gasteiger partial charge < -0.3 is 14.0 Å². The number of esters is 1. The minimum Gasteiger partial charge on any atom is -0.465 e. The van der Waals surface area contributed by atoms with E-state index in [4.69, 9.17) is 14.7 Å². The molecule has 0 bridgehead atoms. The minimum absolute atomic E-state index is 0.342. The quantitative estimate of drug-likeness (QED) is 0.539. The van der Waals surface area contributed by atoms with Crippen molar-refractivity contribution in [2.75, 3.05) is 7.11 Å². The average Bonchev–Trinajstić information content (AvgIpc) is 3.14. The van der Waals surface area contributed by atoms with Crippen molar-refractivity contribution in [2.45, 2.75) is 12.7 Å². The normalized spacial score (nSPS) is 11.6. The number of methoxy groups -OCH3 is 1. The SMILES string of the molecule is COC(=O)c1ccc(COC(c2ccc(C#N)c(Br)c2)c2cncn2C)cc1. The first kappa shape index (κ1) is 19.8. The summed E-state index contributed by atoms with van der Waals surface area (Å²) in [6, 6.07) is 14.8. The third-order valence-electron chi connectivity index (χ3n) is 4.33. The van der Waals surface area contributed by atoms with Crippen molar-refractivity contribution in [1.82, 2.24) is 9.55 Å².